The normalized spacial score (nSPS) is 15.6. The van der Waals surface area contributed by atoms with E-state index in [4.69, 9.17) is 9.47 Å². The Morgan fingerprint density at radius 1 is 1.09 bits per heavy atom. The largest absolute Gasteiger partial charge is 0.466 e. The summed E-state index contributed by atoms with van der Waals surface area (Å²) in [6.07, 6.45) is 3.82. The van der Waals surface area contributed by atoms with Gasteiger partial charge in [-0.05, 0) is 43.9 Å². The van der Waals surface area contributed by atoms with Crippen LogP contribution >= 0.6 is 0 Å². The molecular weight excluding hydrogens is 430 g/mol. The summed E-state index contributed by atoms with van der Waals surface area (Å²) in [5.74, 6) is 0.438. The van der Waals surface area contributed by atoms with Crippen LogP contribution < -0.4 is 4.74 Å². The molecule has 0 N–H and O–H groups in total. The molecule has 0 saturated carbocycles. The van der Waals surface area contributed by atoms with E-state index in [-0.39, 0.29) is 29.2 Å². The minimum Gasteiger partial charge on any atom is -0.466 e. The summed E-state index contributed by atoms with van der Waals surface area (Å²) in [7, 11) is 0. The van der Waals surface area contributed by atoms with Crippen LogP contribution in [0.4, 0.5) is 0 Å². The highest BCUT2D eigenvalue weighted by atomic mass is 16.5. The molecule has 0 bridgehead atoms. The zero-order valence-corrected chi connectivity index (χ0v) is 19.6. The van der Waals surface area contributed by atoms with Gasteiger partial charge >= 0.3 is 5.97 Å². The van der Waals surface area contributed by atoms with Crippen molar-refractivity contribution in [3.63, 3.8) is 0 Å². The zero-order chi connectivity index (χ0) is 23.9. The van der Waals surface area contributed by atoms with Crippen LogP contribution in [-0.4, -0.2) is 46.4 Å². The molecule has 1 aromatic heterocycles. The molecule has 2 aromatic carbocycles. The Bertz CT molecular complexity index is 1150. The van der Waals surface area contributed by atoms with Crippen molar-refractivity contribution in [3.8, 4) is 23.0 Å². The summed E-state index contributed by atoms with van der Waals surface area (Å²) in [5, 5.41) is 0. The molecule has 0 radical (unpaired) electrons. The Labute approximate surface area is 199 Å². The van der Waals surface area contributed by atoms with Gasteiger partial charge in [-0.1, -0.05) is 49.4 Å². The summed E-state index contributed by atoms with van der Waals surface area (Å²) in [6.45, 7) is 5.05. The Hall–Kier alpha value is -3.74. The first kappa shape index (κ1) is 23.4. The third kappa shape index (κ3) is 5.42. The van der Waals surface area contributed by atoms with Gasteiger partial charge in [0, 0.05) is 24.8 Å². The summed E-state index contributed by atoms with van der Waals surface area (Å²) in [6, 6.07) is 17.3. The van der Waals surface area contributed by atoms with E-state index in [0.717, 1.165) is 24.0 Å². The molecule has 176 valence electrons. The van der Waals surface area contributed by atoms with Crippen LogP contribution in [0.15, 0.2) is 60.8 Å². The summed E-state index contributed by atoms with van der Waals surface area (Å²) >= 11 is 0. The van der Waals surface area contributed by atoms with E-state index in [1.165, 1.54) is 6.20 Å². The highest BCUT2D eigenvalue weighted by Crippen LogP contribution is 2.29. The number of piperidine rings is 1. The van der Waals surface area contributed by atoms with Crippen molar-refractivity contribution in [1.29, 1.82) is 0 Å². The number of aromatic nitrogens is 2. The number of benzene rings is 2. The SMILES string of the molecule is CCOC(=O)C1CCCN(C(=O)c2cnc(-c3ccccc3)nc2Oc2cccc(CC)c2)C1. The lowest BCUT2D eigenvalue weighted by atomic mass is 9.97. The molecule has 7 nitrogen and oxygen atoms in total. The first-order valence-electron chi connectivity index (χ1n) is 11.7. The van der Waals surface area contributed by atoms with E-state index in [0.29, 0.717) is 37.7 Å². The quantitative estimate of drug-likeness (QED) is 0.467. The molecule has 1 fully saturated rings. The molecule has 1 unspecified atom stereocenters. The van der Waals surface area contributed by atoms with E-state index in [1.54, 1.807) is 11.8 Å². The average Bonchev–Trinajstić information content (AvgIpc) is 2.89. The van der Waals surface area contributed by atoms with Crippen molar-refractivity contribution in [2.45, 2.75) is 33.1 Å². The van der Waals surface area contributed by atoms with Crippen molar-refractivity contribution in [1.82, 2.24) is 14.9 Å². The predicted molar refractivity (Wildman–Crippen MR) is 129 cm³/mol. The predicted octanol–water partition coefficient (Wildman–Crippen LogP) is 4.91. The fourth-order valence-corrected chi connectivity index (χ4v) is 4.04. The minimum atomic E-state index is -0.326. The molecule has 1 aliphatic heterocycles. The summed E-state index contributed by atoms with van der Waals surface area (Å²) in [4.78, 5) is 36.5. The summed E-state index contributed by atoms with van der Waals surface area (Å²) in [5.41, 5.74) is 2.22. The highest BCUT2D eigenvalue weighted by molar-refractivity contribution is 5.96. The molecular formula is C27H29N3O4. The van der Waals surface area contributed by atoms with E-state index in [9.17, 15) is 9.59 Å². The van der Waals surface area contributed by atoms with Gasteiger partial charge in [0.2, 0.25) is 5.88 Å². The number of amides is 1. The van der Waals surface area contributed by atoms with Crippen molar-refractivity contribution in [2.24, 2.45) is 5.92 Å². The van der Waals surface area contributed by atoms with Crippen molar-refractivity contribution in [2.75, 3.05) is 19.7 Å². The number of nitrogens with zero attached hydrogens (tertiary/aromatic N) is 3. The number of hydrogen-bond acceptors (Lipinski definition) is 6. The fourth-order valence-electron chi connectivity index (χ4n) is 4.04. The van der Waals surface area contributed by atoms with Gasteiger partial charge in [0.15, 0.2) is 5.82 Å². The van der Waals surface area contributed by atoms with Gasteiger partial charge in [-0.2, -0.15) is 4.98 Å². The van der Waals surface area contributed by atoms with Gasteiger partial charge in [-0.15, -0.1) is 0 Å². The van der Waals surface area contributed by atoms with Crippen LogP contribution in [0.5, 0.6) is 11.6 Å². The van der Waals surface area contributed by atoms with E-state index in [1.807, 2.05) is 54.6 Å². The molecule has 2 heterocycles. The van der Waals surface area contributed by atoms with Crippen LogP contribution in [0.3, 0.4) is 0 Å². The second-order valence-corrected chi connectivity index (χ2v) is 8.22. The molecule has 3 aromatic rings. The van der Waals surface area contributed by atoms with Gasteiger partial charge < -0.3 is 14.4 Å². The number of carbonyl (C=O) groups is 2. The highest BCUT2D eigenvalue weighted by Gasteiger charge is 2.31. The zero-order valence-electron chi connectivity index (χ0n) is 19.6. The average molecular weight is 460 g/mol. The van der Waals surface area contributed by atoms with Crippen LogP contribution in [0.2, 0.25) is 0 Å². The van der Waals surface area contributed by atoms with Crippen LogP contribution in [0, 0.1) is 5.92 Å². The Morgan fingerprint density at radius 2 is 1.91 bits per heavy atom. The second-order valence-electron chi connectivity index (χ2n) is 8.22. The first-order chi connectivity index (χ1) is 16.6. The van der Waals surface area contributed by atoms with E-state index >= 15 is 0 Å². The fraction of sp³-hybridized carbons (Fsp3) is 0.333. The lowest BCUT2D eigenvalue weighted by Gasteiger charge is -2.31. The molecule has 1 aliphatic rings. The number of esters is 1. The maximum absolute atomic E-state index is 13.5. The van der Waals surface area contributed by atoms with Gasteiger partial charge in [0.05, 0.1) is 12.5 Å². The standard InChI is InChI=1S/C27H29N3O4/c1-3-19-10-8-14-22(16-19)34-25-23(17-28-24(29-25)20-11-6-5-7-12-20)26(31)30-15-9-13-21(18-30)27(32)33-4-2/h5-8,10-12,14,16-17,21H,3-4,9,13,15,18H2,1-2H3. The molecule has 4 rings (SSSR count). The molecule has 0 spiro atoms. The van der Waals surface area contributed by atoms with Gasteiger partial charge in [-0.3, -0.25) is 9.59 Å². The number of carbonyl (C=O) groups excluding carboxylic acids is 2. The van der Waals surface area contributed by atoms with Gasteiger partial charge in [0.25, 0.3) is 5.91 Å². The third-order valence-corrected chi connectivity index (χ3v) is 5.87. The van der Waals surface area contributed by atoms with Crippen molar-refractivity contribution < 1.29 is 19.1 Å². The molecule has 34 heavy (non-hydrogen) atoms. The summed E-state index contributed by atoms with van der Waals surface area (Å²) < 4.78 is 11.3. The maximum atomic E-state index is 13.5. The Morgan fingerprint density at radius 3 is 2.68 bits per heavy atom. The number of ether oxygens (including phenoxy) is 2. The molecule has 1 saturated heterocycles. The van der Waals surface area contributed by atoms with Crippen LogP contribution in [0.25, 0.3) is 11.4 Å². The van der Waals surface area contributed by atoms with Gasteiger partial charge in [0.1, 0.15) is 11.3 Å². The minimum absolute atomic E-state index is 0.199. The number of aryl methyl sites for hydroxylation is 1. The molecule has 7 heteroatoms. The number of hydrogen-bond donors (Lipinski definition) is 0. The molecule has 0 aliphatic carbocycles. The second kappa shape index (κ2) is 10.9. The van der Waals surface area contributed by atoms with E-state index < -0.39 is 0 Å². The van der Waals surface area contributed by atoms with Crippen LogP contribution in [-0.2, 0) is 16.0 Å². The van der Waals surface area contributed by atoms with E-state index in [2.05, 4.69) is 16.9 Å². The Kier molecular flexibility index (Phi) is 7.52. The van der Waals surface area contributed by atoms with Gasteiger partial charge in [-0.25, -0.2) is 4.98 Å². The monoisotopic (exact) mass is 459 g/mol. The maximum Gasteiger partial charge on any atom is 0.310 e. The molecule has 1 amide bonds. The van der Waals surface area contributed by atoms with Crippen molar-refractivity contribution in [3.05, 3.63) is 71.9 Å². The Balaban J connectivity index is 1.66. The lowest BCUT2D eigenvalue weighted by Crippen LogP contribution is -2.43. The lowest BCUT2D eigenvalue weighted by molar-refractivity contribution is -0.149. The first-order valence-corrected chi connectivity index (χ1v) is 11.7. The topological polar surface area (TPSA) is 81.6 Å². The third-order valence-electron chi connectivity index (χ3n) is 5.87. The number of rotatable bonds is 7. The smallest absolute Gasteiger partial charge is 0.310 e. The van der Waals surface area contributed by atoms with Crippen molar-refractivity contribution >= 4 is 11.9 Å². The van der Waals surface area contributed by atoms with Crippen LogP contribution in [0.1, 0.15) is 42.6 Å². The molecule has 1 atom stereocenters. The number of likely N-dealkylation sites (tertiary alicyclic amines) is 1.